The predicted octanol–water partition coefficient (Wildman–Crippen LogP) is 6.77. The third-order valence-electron chi connectivity index (χ3n) is 4.62. The summed E-state index contributed by atoms with van der Waals surface area (Å²) in [5.74, 6) is -0.0688. The number of nitrogens with zero attached hydrogens (tertiary/aromatic N) is 1. The lowest BCUT2D eigenvalue weighted by Crippen LogP contribution is -2.27. The number of anilines is 1. The summed E-state index contributed by atoms with van der Waals surface area (Å²) >= 11 is 12.4. The first kappa shape index (κ1) is 21.6. The summed E-state index contributed by atoms with van der Waals surface area (Å²) in [4.78, 5) is 14.7. The molecule has 3 aromatic rings. The van der Waals surface area contributed by atoms with Crippen LogP contribution in [-0.2, 0) is 11.4 Å². The van der Waals surface area contributed by atoms with Crippen molar-refractivity contribution in [2.45, 2.75) is 13.5 Å². The summed E-state index contributed by atoms with van der Waals surface area (Å²) in [5.41, 5.74) is 3.59. The van der Waals surface area contributed by atoms with Gasteiger partial charge in [-0.3, -0.25) is 9.69 Å². The molecule has 3 nitrogen and oxygen atoms in total. The molecule has 156 valence electrons. The molecule has 0 bridgehead atoms. The molecule has 1 amide bonds. The van der Waals surface area contributed by atoms with Gasteiger partial charge in [0.15, 0.2) is 4.32 Å². The van der Waals surface area contributed by atoms with Crippen molar-refractivity contribution in [3.8, 4) is 5.75 Å². The summed E-state index contributed by atoms with van der Waals surface area (Å²) in [6.45, 7) is 2.53. The molecule has 0 aliphatic carbocycles. The Morgan fingerprint density at radius 3 is 2.61 bits per heavy atom. The highest BCUT2D eigenvalue weighted by Crippen LogP contribution is 2.37. The van der Waals surface area contributed by atoms with Gasteiger partial charge in [-0.05, 0) is 54.5 Å². The van der Waals surface area contributed by atoms with Gasteiger partial charge in [0, 0.05) is 0 Å². The Hall–Kier alpha value is -2.67. The second kappa shape index (κ2) is 9.22. The molecule has 4 rings (SSSR count). The van der Waals surface area contributed by atoms with E-state index < -0.39 is 5.82 Å². The van der Waals surface area contributed by atoms with E-state index in [2.05, 4.69) is 6.07 Å². The van der Waals surface area contributed by atoms with Crippen LogP contribution in [0.25, 0.3) is 6.08 Å². The van der Waals surface area contributed by atoms with Crippen LogP contribution in [0.1, 0.15) is 16.7 Å². The predicted molar refractivity (Wildman–Crippen MR) is 129 cm³/mol. The van der Waals surface area contributed by atoms with E-state index in [4.69, 9.17) is 28.6 Å². The van der Waals surface area contributed by atoms with Crippen LogP contribution in [-0.4, -0.2) is 10.2 Å². The first-order valence-electron chi connectivity index (χ1n) is 9.42. The third kappa shape index (κ3) is 4.98. The average molecular weight is 470 g/mol. The maximum absolute atomic E-state index is 13.5. The molecule has 0 saturated carbocycles. The van der Waals surface area contributed by atoms with Gasteiger partial charge in [-0.1, -0.05) is 77.5 Å². The molecule has 7 heteroatoms. The highest BCUT2D eigenvalue weighted by Gasteiger charge is 2.33. The van der Waals surface area contributed by atoms with E-state index in [0.29, 0.717) is 21.5 Å². The van der Waals surface area contributed by atoms with Crippen molar-refractivity contribution >= 4 is 57.6 Å². The molecular weight excluding hydrogens is 453 g/mol. The summed E-state index contributed by atoms with van der Waals surface area (Å²) in [5, 5.41) is -0.0585. The quantitative estimate of drug-likeness (QED) is 0.304. The van der Waals surface area contributed by atoms with Crippen molar-refractivity contribution in [1.29, 1.82) is 0 Å². The van der Waals surface area contributed by atoms with Gasteiger partial charge in [0.1, 0.15) is 18.2 Å². The van der Waals surface area contributed by atoms with Gasteiger partial charge in [0.05, 0.1) is 15.6 Å². The van der Waals surface area contributed by atoms with E-state index in [1.807, 2.05) is 49.4 Å². The number of thiocarbonyl (C=S) groups is 1. The molecular formula is C24H17ClFNO2S2. The molecule has 1 heterocycles. The van der Waals surface area contributed by atoms with Gasteiger partial charge in [-0.25, -0.2) is 4.39 Å². The Labute approximate surface area is 194 Å². The molecule has 0 spiro atoms. The Morgan fingerprint density at radius 1 is 1.13 bits per heavy atom. The molecule has 0 N–H and O–H groups in total. The number of hydrogen-bond acceptors (Lipinski definition) is 4. The highest BCUT2D eigenvalue weighted by molar-refractivity contribution is 8.27. The topological polar surface area (TPSA) is 29.5 Å². The number of carbonyl (C=O) groups excluding carboxylic acids is 1. The number of benzene rings is 3. The van der Waals surface area contributed by atoms with Crippen LogP contribution in [0.3, 0.4) is 0 Å². The molecule has 1 saturated heterocycles. The summed E-state index contributed by atoms with van der Waals surface area (Å²) in [7, 11) is 0. The lowest BCUT2D eigenvalue weighted by molar-refractivity contribution is -0.113. The molecule has 0 atom stereocenters. The Kier molecular flexibility index (Phi) is 6.41. The smallest absolute Gasteiger partial charge is 0.270 e. The van der Waals surface area contributed by atoms with Gasteiger partial charge in [0.2, 0.25) is 0 Å². The van der Waals surface area contributed by atoms with Crippen LogP contribution in [0.4, 0.5) is 10.1 Å². The van der Waals surface area contributed by atoms with Crippen molar-refractivity contribution < 1.29 is 13.9 Å². The molecule has 31 heavy (non-hydrogen) atoms. The summed E-state index contributed by atoms with van der Waals surface area (Å²) < 4.78 is 19.7. The van der Waals surface area contributed by atoms with Crippen molar-refractivity contribution in [1.82, 2.24) is 0 Å². The Morgan fingerprint density at radius 2 is 1.90 bits per heavy atom. The maximum atomic E-state index is 13.5. The number of halogens is 2. The highest BCUT2D eigenvalue weighted by atomic mass is 35.5. The van der Waals surface area contributed by atoms with Crippen LogP contribution < -0.4 is 9.64 Å². The lowest BCUT2D eigenvalue weighted by atomic mass is 10.1. The van der Waals surface area contributed by atoms with E-state index in [0.717, 1.165) is 16.9 Å². The standard InChI is InChI=1S/C24H17ClFNO2S2/c1-15-3-2-4-17(11-15)14-29-19-8-5-16(6-9-19)12-22-23(28)27(24(30)31-22)18-7-10-21(26)20(25)13-18/h2-13H,14H2,1H3/b22-12+. The number of thioether (sulfide) groups is 1. The summed E-state index contributed by atoms with van der Waals surface area (Å²) in [6.07, 6.45) is 1.77. The SMILES string of the molecule is Cc1cccc(COc2ccc(/C=C3/SC(=S)N(c4ccc(F)c(Cl)c4)C3=O)cc2)c1. The minimum Gasteiger partial charge on any atom is -0.489 e. The van der Waals surface area contributed by atoms with Gasteiger partial charge in [0.25, 0.3) is 5.91 Å². The number of carbonyl (C=O) groups is 1. The number of amides is 1. The fourth-order valence-electron chi connectivity index (χ4n) is 3.09. The fourth-order valence-corrected chi connectivity index (χ4v) is 4.57. The molecule has 1 aliphatic heterocycles. The second-order valence-electron chi connectivity index (χ2n) is 6.96. The molecule has 3 aromatic carbocycles. The van der Waals surface area contributed by atoms with E-state index in [9.17, 15) is 9.18 Å². The zero-order chi connectivity index (χ0) is 22.0. The molecule has 0 radical (unpaired) electrons. The summed E-state index contributed by atoms with van der Waals surface area (Å²) in [6, 6.07) is 19.8. The minimum absolute atomic E-state index is 0.0585. The molecule has 0 aromatic heterocycles. The largest absolute Gasteiger partial charge is 0.489 e. The minimum atomic E-state index is -0.545. The van der Waals surface area contributed by atoms with Gasteiger partial charge >= 0.3 is 0 Å². The van der Waals surface area contributed by atoms with Gasteiger partial charge < -0.3 is 4.74 Å². The third-order valence-corrected chi connectivity index (χ3v) is 6.21. The van der Waals surface area contributed by atoms with E-state index in [-0.39, 0.29) is 10.9 Å². The number of aryl methyl sites for hydroxylation is 1. The zero-order valence-electron chi connectivity index (χ0n) is 16.5. The van der Waals surface area contributed by atoms with Crippen molar-refractivity contribution in [2.75, 3.05) is 4.90 Å². The van der Waals surface area contributed by atoms with Crippen LogP contribution in [0.2, 0.25) is 5.02 Å². The number of hydrogen-bond donors (Lipinski definition) is 0. The van der Waals surface area contributed by atoms with Crippen LogP contribution in [0, 0.1) is 12.7 Å². The first-order valence-corrected chi connectivity index (χ1v) is 11.0. The van der Waals surface area contributed by atoms with Crippen LogP contribution in [0.5, 0.6) is 5.75 Å². The Balaban J connectivity index is 1.46. The van der Waals surface area contributed by atoms with E-state index in [1.54, 1.807) is 6.08 Å². The molecule has 1 aliphatic rings. The van der Waals surface area contributed by atoms with E-state index >= 15 is 0 Å². The van der Waals surface area contributed by atoms with Crippen LogP contribution in [0.15, 0.2) is 71.6 Å². The lowest BCUT2D eigenvalue weighted by Gasteiger charge is -2.14. The van der Waals surface area contributed by atoms with E-state index in [1.165, 1.54) is 40.4 Å². The zero-order valence-corrected chi connectivity index (χ0v) is 18.9. The van der Waals surface area contributed by atoms with Gasteiger partial charge in [-0.2, -0.15) is 0 Å². The van der Waals surface area contributed by atoms with Crippen molar-refractivity contribution in [2.24, 2.45) is 0 Å². The normalized spacial score (nSPS) is 15.1. The fraction of sp³-hybridized carbons (Fsp3) is 0.0833. The molecule has 0 unspecified atom stereocenters. The average Bonchev–Trinajstić information content (AvgIpc) is 3.02. The number of rotatable bonds is 5. The maximum Gasteiger partial charge on any atom is 0.270 e. The van der Waals surface area contributed by atoms with Crippen molar-refractivity contribution in [3.63, 3.8) is 0 Å². The van der Waals surface area contributed by atoms with Crippen molar-refractivity contribution in [3.05, 3.63) is 99.2 Å². The first-order chi connectivity index (χ1) is 14.9. The van der Waals surface area contributed by atoms with Gasteiger partial charge in [-0.15, -0.1) is 0 Å². The number of ether oxygens (including phenoxy) is 1. The molecule has 1 fully saturated rings. The van der Waals surface area contributed by atoms with Crippen LogP contribution >= 0.6 is 35.6 Å². The second-order valence-corrected chi connectivity index (χ2v) is 9.05. The monoisotopic (exact) mass is 469 g/mol. The Bertz CT molecular complexity index is 1190.